The number of alkyl halides is 5. The smallest absolute Gasteiger partial charge is 0.102 e. The lowest BCUT2D eigenvalue weighted by molar-refractivity contribution is 1.07. The lowest BCUT2D eigenvalue weighted by atomic mass is 10.9. The minimum absolute atomic E-state index is 0.720. The van der Waals surface area contributed by atoms with E-state index in [2.05, 4.69) is 0 Å². The Bertz CT molecular complexity index is 107. The molecule has 0 amide bonds. The monoisotopic (exact) mass is 258 g/mol. The van der Waals surface area contributed by atoms with Crippen LogP contribution >= 0.6 is 58.0 Å². The molecule has 0 atom stereocenters. The maximum atomic E-state index is 5.74. The van der Waals surface area contributed by atoms with E-state index in [9.17, 15) is 0 Å². The van der Waals surface area contributed by atoms with E-state index < -0.39 is 17.3 Å². The summed E-state index contributed by atoms with van der Waals surface area (Å²) in [6.45, 7) is 1.97. The van der Waals surface area contributed by atoms with Gasteiger partial charge in [0.15, 0.2) is 0 Å². The van der Waals surface area contributed by atoms with Gasteiger partial charge in [-0.15, -0.1) is 23.2 Å². The molecule has 0 aliphatic carbocycles. The van der Waals surface area contributed by atoms with Crippen molar-refractivity contribution in [1.29, 1.82) is 0 Å². The molecule has 0 bridgehead atoms. The second-order valence-electron chi connectivity index (χ2n) is 1.95. The number of hydrogen-bond acceptors (Lipinski definition) is 0. The second-order valence-corrected chi connectivity index (χ2v) is 9.17. The first-order valence-electron chi connectivity index (χ1n) is 2.76. The summed E-state index contributed by atoms with van der Waals surface area (Å²) < 4.78 is -2.68. The van der Waals surface area contributed by atoms with E-state index in [1.54, 1.807) is 0 Å². The van der Waals surface area contributed by atoms with Gasteiger partial charge in [-0.1, -0.05) is 47.8 Å². The minimum atomic E-state index is -1.54. The molecule has 0 radical (unpaired) electrons. The van der Waals surface area contributed by atoms with Gasteiger partial charge in [0, 0.05) is 0 Å². The van der Waals surface area contributed by atoms with Crippen LogP contribution in [-0.4, -0.2) is 17.3 Å². The summed E-state index contributed by atoms with van der Waals surface area (Å²) in [6.07, 6.45) is 0. The number of hydrogen-bond donors (Lipinski definition) is 0. The third-order valence-corrected chi connectivity index (χ3v) is 6.56. The van der Waals surface area contributed by atoms with Crippen molar-refractivity contribution in [1.82, 2.24) is 0 Å². The topological polar surface area (TPSA) is 0 Å². The highest BCUT2D eigenvalue weighted by Crippen LogP contribution is 2.45. The molecule has 0 spiro atoms. The first-order valence-corrected chi connectivity index (χ1v) is 6.35. The summed E-state index contributed by atoms with van der Waals surface area (Å²) in [6, 6.07) is 0.918. The van der Waals surface area contributed by atoms with Gasteiger partial charge in [-0.3, -0.25) is 0 Å². The summed E-state index contributed by atoms with van der Waals surface area (Å²) in [5.41, 5.74) is 0. The van der Waals surface area contributed by atoms with Crippen LogP contribution in [0.2, 0.25) is 6.04 Å². The molecule has 6 heteroatoms. The molecule has 0 heterocycles. The van der Waals surface area contributed by atoms with Crippen LogP contribution in [-0.2, 0) is 0 Å². The van der Waals surface area contributed by atoms with Gasteiger partial charge < -0.3 is 0 Å². The fraction of sp³-hybridized carbons (Fsp3) is 1.00. The fourth-order valence-electron chi connectivity index (χ4n) is 0.456. The Kier molecular flexibility index (Phi) is 4.74. The predicted octanol–water partition coefficient (Wildman–Crippen LogP) is 3.10. The van der Waals surface area contributed by atoms with Gasteiger partial charge in [-0.25, -0.2) is 0 Å². The molecule has 0 nitrogen and oxygen atoms in total. The molecule has 0 rings (SSSR count). The van der Waals surface area contributed by atoms with Crippen LogP contribution in [0.5, 0.6) is 0 Å². The van der Waals surface area contributed by atoms with Crippen molar-refractivity contribution < 1.29 is 0 Å². The zero-order chi connectivity index (χ0) is 8.41. The Morgan fingerprint density at radius 1 is 1.10 bits per heavy atom. The molecular weight excluding hydrogens is 253 g/mol. The van der Waals surface area contributed by atoms with Crippen molar-refractivity contribution in [3.05, 3.63) is 0 Å². The summed E-state index contributed by atoms with van der Waals surface area (Å²) in [5, 5.41) is 0. The second kappa shape index (κ2) is 4.06. The molecule has 10 heavy (non-hydrogen) atoms. The van der Waals surface area contributed by atoms with Crippen molar-refractivity contribution in [2.45, 2.75) is 20.7 Å². The molecule has 0 aliphatic rings. The highest BCUT2D eigenvalue weighted by molar-refractivity contribution is 6.85. The molecular formula is C4H7Cl5Si. The molecule has 0 saturated heterocycles. The zero-order valence-corrected chi connectivity index (χ0v) is 10.5. The average Bonchev–Trinajstić information content (AvgIpc) is 1.61. The van der Waals surface area contributed by atoms with Crippen molar-refractivity contribution >= 4 is 67.5 Å². The third-order valence-electron chi connectivity index (χ3n) is 0.979. The van der Waals surface area contributed by atoms with Gasteiger partial charge in [0.25, 0.3) is 0 Å². The van der Waals surface area contributed by atoms with Crippen LogP contribution in [0.3, 0.4) is 0 Å². The van der Waals surface area contributed by atoms with Gasteiger partial charge in [-0.2, -0.15) is 0 Å². The van der Waals surface area contributed by atoms with Crippen molar-refractivity contribution in [3.8, 4) is 0 Å². The van der Waals surface area contributed by atoms with E-state index in [0.717, 1.165) is 6.04 Å². The fourth-order valence-corrected chi connectivity index (χ4v) is 3.35. The van der Waals surface area contributed by atoms with Gasteiger partial charge >= 0.3 is 0 Å². The Morgan fingerprint density at radius 2 is 1.50 bits per heavy atom. The lowest BCUT2D eigenvalue weighted by Gasteiger charge is -2.26. The molecule has 0 aromatic rings. The largest absolute Gasteiger partial charge is 0.219 e. The normalized spacial score (nSPS) is 15.0. The first-order chi connectivity index (χ1) is 4.31. The minimum Gasteiger partial charge on any atom is -0.102 e. The molecule has 0 aromatic heterocycles. The van der Waals surface area contributed by atoms with Gasteiger partial charge in [0.1, 0.15) is 3.96 Å². The highest BCUT2D eigenvalue weighted by atomic mass is 35.6. The van der Waals surface area contributed by atoms with Crippen molar-refractivity contribution in [3.63, 3.8) is 0 Å². The summed E-state index contributed by atoms with van der Waals surface area (Å²) in [4.78, 5) is 0. The molecule has 0 aliphatic heterocycles. The van der Waals surface area contributed by atoms with Crippen molar-refractivity contribution in [2.24, 2.45) is 0 Å². The van der Waals surface area contributed by atoms with E-state index in [0.29, 0.717) is 0 Å². The Hall–Kier alpha value is 1.67. The maximum Gasteiger partial charge on any atom is 0.219 e. The van der Waals surface area contributed by atoms with Crippen molar-refractivity contribution in [2.75, 3.05) is 0 Å². The van der Waals surface area contributed by atoms with Crippen LogP contribution in [0.4, 0.5) is 0 Å². The zero-order valence-electron chi connectivity index (χ0n) is 5.30. The summed E-state index contributed by atoms with van der Waals surface area (Å²) >= 11 is 28.0. The van der Waals surface area contributed by atoms with E-state index in [1.807, 2.05) is 6.92 Å². The standard InChI is InChI=1S/C4H7Cl5Si/c1-2-10-4(8,9)3(5,6)7/h2,10H2,1H3. The number of halogens is 5. The molecule has 0 unspecified atom stereocenters. The first kappa shape index (κ1) is 11.7. The molecule has 0 N–H and O–H groups in total. The molecule has 0 fully saturated rings. The van der Waals surface area contributed by atoms with E-state index in [1.165, 1.54) is 0 Å². The molecule has 0 saturated carbocycles. The third kappa shape index (κ3) is 3.38. The van der Waals surface area contributed by atoms with Gasteiger partial charge in [0.05, 0.1) is 9.52 Å². The maximum absolute atomic E-state index is 5.74. The Labute approximate surface area is 87.9 Å². The van der Waals surface area contributed by atoms with E-state index in [-0.39, 0.29) is 0 Å². The van der Waals surface area contributed by atoms with Crippen LogP contribution in [0.15, 0.2) is 0 Å². The van der Waals surface area contributed by atoms with Crippen LogP contribution in [0.1, 0.15) is 6.92 Å². The summed E-state index contributed by atoms with van der Waals surface area (Å²) in [5.74, 6) is 0. The average molecular weight is 260 g/mol. The Morgan fingerprint density at radius 3 is 1.60 bits per heavy atom. The number of rotatable bonds is 2. The highest BCUT2D eigenvalue weighted by Gasteiger charge is 2.44. The van der Waals surface area contributed by atoms with E-state index in [4.69, 9.17) is 58.0 Å². The quantitative estimate of drug-likeness (QED) is 0.529. The van der Waals surface area contributed by atoms with Gasteiger partial charge in [0.2, 0.25) is 3.79 Å². The lowest BCUT2D eigenvalue weighted by Crippen LogP contribution is -2.36. The summed E-state index contributed by atoms with van der Waals surface area (Å²) in [7, 11) is -0.720. The SMILES string of the molecule is CC[SiH2]C(Cl)(Cl)C(Cl)(Cl)Cl. The predicted molar refractivity (Wildman–Crippen MR) is 53.8 cm³/mol. The molecule has 0 aromatic carbocycles. The Balaban J connectivity index is 4.10. The molecule has 62 valence electrons. The van der Waals surface area contributed by atoms with Gasteiger partial charge in [-0.05, 0) is 0 Å². The van der Waals surface area contributed by atoms with Crippen LogP contribution in [0.25, 0.3) is 0 Å². The van der Waals surface area contributed by atoms with Crippen LogP contribution < -0.4 is 0 Å². The van der Waals surface area contributed by atoms with E-state index >= 15 is 0 Å². The van der Waals surface area contributed by atoms with Crippen LogP contribution in [0, 0.1) is 0 Å².